The number of nitrogens with zero attached hydrogens (tertiary/aromatic N) is 2. The van der Waals surface area contributed by atoms with Crippen molar-refractivity contribution in [2.75, 3.05) is 5.32 Å². The van der Waals surface area contributed by atoms with Gasteiger partial charge in [-0.3, -0.25) is 0 Å². The highest BCUT2D eigenvalue weighted by molar-refractivity contribution is 5.60. The van der Waals surface area contributed by atoms with E-state index in [0.717, 1.165) is 18.9 Å². The van der Waals surface area contributed by atoms with E-state index in [0.29, 0.717) is 17.7 Å². The summed E-state index contributed by atoms with van der Waals surface area (Å²) in [4.78, 5) is 8.53. The van der Waals surface area contributed by atoms with Gasteiger partial charge in [0.25, 0.3) is 0 Å². The lowest BCUT2D eigenvalue weighted by molar-refractivity contribution is 0.461. The van der Waals surface area contributed by atoms with Crippen molar-refractivity contribution in [2.24, 2.45) is 0 Å². The maximum atomic E-state index is 13.8. The second kappa shape index (κ2) is 6.16. The number of rotatable bonds is 3. The van der Waals surface area contributed by atoms with Crippen LogP contribution in [0.15, 0.2) is 30.5 Å². The fourth-order valence-corrected chi connectivity index (χ4v) is 2.70. The van der Waals surface area contributed by atoms with Crippen molar-refractivity contribution in [3.63, 3.8) is 0 Å². The molecule has 0 aliphatic heterocycles. The van der Waals surface area contributed by atoms with Gasteiger partial charge < -0.3 is 5.32 Å². The lowest BCUT2D eigenvalue weighted by Gasteiger charge is -2.22. The molecule has 0 spiro atoms. The standard InChI is InChI=1S/C16H17F2N3/c17-11-6-7-13(14(18)10-11)15-8-9-19-16(21-15)20-12-4-2-1-3-5-12/h6-10,12H,1-5H2,(H,19,20,21). The van der Waals surface area contributed by atoms with Crippen molar-refractivity contribution in [1.82, 2.24) is 9.97 Å². The molecule has 21 heavy (non-hydrogen) atoms. The SMILES string of the molecule is Fc1ccc(-c2ccnc(NC3CCCCC3)n2)c(F)c1. The Kier molecular flexibility index (Phi) is 4.08. The van der Waals surface area contributed by atoms with Gasteiger partial charge in [-0.05, 0) is 31.0 Å². The zero-order chi connectivity index (χ0) is 14.7. The minimum absolute atomic E-state index is 0.283. The number of halogens is 2. The minimum Gasteiger partial charge on any atom is -0.351 e. The smallest absolute Gasteiger partial charge is 0.223 e. The molecule has 0 amide bonds. The van der Waals surface area contributed by atoms with Gasteiger partial charge in [-0.2, -0.15) is 0 Å². The number of benzene rings is 1. The lowest BCUT2D eigenvalue weighted by atomic mass is 9.96. The minimum atomic E-state index is -0.614. The summed E-state index contributed by atoms with van der Waals surface area (Å²) in [6.45, 7) is 0. The van der Waals surface area contributed by atoms with E-state index in [9.17, 15) is 8.78 Å². The molecule has 110 valence electrons. The Labute approximate surface area is 122 Å². The summed E-state index contributed by atoms with van der Waals surface area (Å²) in [7, 11) is 0. The van der Waals surface area contributed by atoms with E-state index in [1.165, 1.54) is 31.4 Å². The van der Waals surface area contributed by atoms with Crippen molar-refractivity contribution in [3.05, 3.63) is 42.1 Å². The van der Waals surface area contributed by atoms with Crippen LogP contribution in [0.25, 0.3) is 11.3 Å². The molecule has 1 aliphatic rings. The Morgan fingerprint density at radius 1 is 1.05 bits per heavy atom. The quantitative estimate of drug-likeness (QED) is 0.921. The van der Waals surface area contributed by atoms with E-state index in [1.807, 2.05) is 0 Å². The first-order valence-electron chi connectivity index (χ1n) is 7.27. The summed E-state index contributed by atoms with van der Waals surface area (Å²) in [5.74, 6) is -0.702. The molecule has 1 aromatic carbocycles. The van der Waals surface area contributed by atoms with Crippen LogP contribution in [0.4, 0.5) is 14.7 Å². The first-order chi connectivity index (χ1) is 10.2. The lowest BCUT2D eigenvalue weighted by Crippen LogP contribution is -2.23. The summed E-state index contributed by atoms with van der Waals surface area (Å²) < 4.78 is 26.8. The van der Waals surface area contributed by atoms with Crippen molar-refractivity contribution < 1.29 is 8.78 Å². The zero-order valence-electron chi connectivity index (χ0n) is 11.6. The van der Waals surface area contributed by atoms with Crippen LogP contribution in [0, 0.1) is 11.6 Å². The number of nitrogens with one attached hydrogen (secondary N) is 1. The first kappa shape index (κ1) is 13.9. The highest BCUT2D eigenvalue weighted by Gasteiger charge is 2.15. The summed E-state index contributed by atoms with van der Waals surface area (Å²) >= 11 is 0. The third-order valence-corrected chi connectivity index (χ3v) is 3.80. The summed E-state index contributed by atoms with van der Waals surface area (Å²) in [5, 5.41) is 3.30. The van der Waals surface area contributed by atoms with E-state index in [4.69, 9.17) is 0 Å². The number of aromatic nitrogens is 2. The molecule has 2 aromatic rings. The van der Waals surface area contributed by atoms with Gasteiger partial charge in [0.2, 0.25) is 5.95 Å². The van der Waals surface area contributed by atoms with Gasteiger partial charge in [-0.15, -0.1) is 0 Å². The molecule has 0 unspecified atom stereocenters. The Morgan fingerprint density at radius 2 is 1.86 bits per heavy atom. The van der Waals surface area contributed by atoms with Gasteiger partial charge >= 0.3 is 0 Å². The van der Waals surface area contributed by atoms with E-state index in [1.54, 1.807) is 12.3 Å². The fourth-order valence-electron chi connectivity index (χ4n) is 2.70. The van der Waals surface area contributed by atoms with E-state index in [2.05, 4.69) is 15.3 Å². The molecule has 3 rings (SSSR count). The average molecular weight is 289 g/mol. The number of hydrogen-bond acceptors (Lipinski definition) is 3. The Morgan fingerprint density at radius 3 is 2.62 bits per heavy atom. The van der Waals surface area contributed by atoms with Gasteiger partial charge in [0.15, 0.2) is 0 Å². The molecule has 1 heterocycles. The maximum Gasteiger partial charge on any atom is 0.223 e. The van der Waals surface area contributed by atoms with Gasteiger partial charge in [0.05, 0.1) is 5.69 Å². The molecule has 0 saturated heterocycles. The van der Waals surface area contributed by atoms with Crippen LogP contribution in [0.2, 0.25) is 0 Å². The predicted molar refractivity (Wildman–Crippen MR) is 77.9 cm³/mol. The molecule has 3 nitrogen and oxygen atoms in total. The largest absolute Gasteiger partial charge is 0.351 e. The molecular formula is C16H17F2N3. The molecule has 0 atom stereocenters. The monoisotopic (exact) mass is 289 g/mol. The summed E-state index contributed by atoms with van der Waals surface area (Å²) in [6.07, 6.45) is 7.51. The zero-order valence-corrected chi connectivity index (χ0v) is 11.6. The van der Waals surface area contributed by atoms with Crippen molar-refractivity contribution in [1.29, 1.82) is 0 Å². The highest BCUT2D eigenvalue weighted by Crippen LogP contribution is 2.24. The molecule has 0 bridgehead atoms. The molecule has 1 fully saturated rings. The normalized spacial score (nSPS) is 15.9. The molecule has 1 N–H and O–H groups in total. The number of hydrogen-bond donors (Lipinski definition) is 1. The van der Waals surface area contributed by atoms with E-state index >= 15 is 0 Å². The second-order valence-corrected chi connectivity index (χ2v) is 5.37. The van der Waals surface area contributed by atoms with Crippen LogP contribution in [0.3, 0.4) is 0 Å². The van der Waals surface area contributed by atoms with Gasteiger partial charge in [-0.25, -0.2) is 18.7 Å². The molecular weight excluding hydrogens is 272 g/mol. The van der Waals surface area contributed by atoms with Crippen molar-refractivity contribution in [2.45, 2.75) is 38.1 Å². The molecule has 0 radical (unpaired) electrons. The molecule has 1 aromatic heterocycles. The average Bonchev–Trinajstić information content (AvgIpc) is 2.48. The summed E-state index contributed by atoms with van der Waals surface area (Å²) in [6, 6.07) is 5.51. The topological polar surface area (TPSA) is 37.8 Å². The van der Waals surface area contributed by atoms with E-state index in [-0.39, 0.29) is 5.56 Å². The van der Waals surface area contributed by atoms with Crippen LogP contribution in [0.5, 0.6) is 0 Å². The fraction of sp³-hybridized carbons (Fsp3) is 0.375. The molecule has 1 saturated carbocycles. The van der Waals surface area contributed by atoms with Gasteiger partial charge in [0.1, 0.15) is 11.6 Å². The van der Waals surface area contributed by atoms with Crippen molar-refractivity contribution >= 4 is 5.95 Å². The third-order valence-electron chi connectivity index (χ3n) is 3.80. The maximum absolute atomic E-state index is 13.8. The Balaban J connectivity index is 1.82. The van der Waals surface area contributed by atoms with Crippen molar-refractivity contribution in [3.8, 4) is 11.3 Å². The Bertz CT molecular complexity index is 625. The third kappa shape index (κ3) is 3.35. The number of anilines is 1. The van der Waals surface area contributed by atoms with Gasteiger partial charge in [-0.1, -0.05) is 19.3 Å². The summed E-state index contributed by atoms with van der Waals surface area (Å²) in [5.41, 5.74) is 0.742. The predicted octanol–water partition coefficient (Wildman–Crippen LogP) is 4.17. The van der Waals surface area contributed by atoms with Crippen LogP contribution in [0.1, 0.15) is 32.1 Å². The van der Waals surface area contributed by atoms with Crippen LogP contribution in [-0.2, 0) is 0 Å². The van der Waals surface area contributed by atoms with Crippen LogP contribution < -0.4 is 5.32 Å². The van der Waals surface area contributed by atoms with Gasteiger partial charge in [0, 0.05) is 23.9 Å². The Hall–Kier alpha value is -2.04. The second-order valence-electron chi connectivity index (χ2n) is 5.37. The highest BCUT2D eigenvalue weighted by atomic mass is 19.1. The first-order valence-corrected chi connectivity index (χ1v) is 7.27. The molecule has 1 aliphatic carbocycles. The molecule has 5 heteroatoms. The van der Waals surface area contributed by atoms with Crippen LogP contribution >= 0.6 is 0 Å². The van der Waals surface area contributed by atoms with Crippen LogP contribution in [-0.4, -0.2) is 16.0 Å². The van der Waals surface area contributed by atoms with E-state index < -0.39 is 11.6 Å².